The summed E-state index contributed by atoms with van der Waals surface area (Å²) < 4.78 is 53.4. The summed E-state index contributed by atoms with van der Waals surface area (Å²) in [4.78, 5) is 42.8. The Bertz CT molecular complexity index is 1780. The van der Waals surface area contributed by atoms with Crippen molar-refractivity contribution in [3.63, 3.8) is 0 Å². The number of anilines is 1. The van der Waals surface area contributed by atoms with Gasteiger partial charge >= 0.3 is 12.3 Å². The Labute approximate surface area is 253 Å². The van der Waals surface area contributed by atoms with Crippen LogP contribution in [0.4, 0.5) is 18.9 Å². The number of hydrogen-bond acceptors (Lipinski definition) is 10. The quantitative estimate of drug-likeness (QED) is 0.204. The van der Waals surface area contributed by atoms with E-state index in [4.69, 9.17) is 14.0 Å². The van der Waals surface area contributed by atoms with Crippen LogP contribution in [-0.4, -0.2) is 63.4 Å². The fourth-order valence-corrected chi connectivity index (χ4v) is 6.01. The normalized spacial score (nSPS) is 17.4. The molecule has 1 aromatic carbocycles. The van der Waals surface area contributed by atoms with Crippen LogP contribution in [0.2, 0.25) is 0 Å². The van der Waals surface area contributed by atoms with Gasteiger partial charge in [0.25, 0.3) is 0 Å². The van der Waals surface area contributed by atoms with Gasteiger partial charge in [0, 0.05) is 29.1 Å². The molecule has 2 aliphatic rings. The molecule has 1 unspecified atom stereocenters. The number of esters is 1. The van der Waals surface area contributed by atoms with Crippen molar-refractivity contribution in [1.29, 1.82) is 0 Å². The van der Waals surface area contributed by atoms with Crippen LogP contribution in [0.25, 0.3) is 11.0 Å². The molecule has 0 saturated carbocycles. The van der Waals surface area contributed by atoms with Crippen LogP contribution in [0, 0.1) is 0 Å². The third-order valence-corrected chi connectivity index (χ3v) is 7.51. The Hall–Kier alpha value is -4.21. The second-order valence-electron chi connectivity index (χ2n) is 11.1. The molecule has 6 rings (SSSR count). The molecule has 11 nitrogen and oxygen atoms in total. The van der Waals surface area contributed by atoms with E-state index in [0.29, 0.717) is 44.0 Å². The number of alkyl halides is 3. The van der Waals surface area contributed by atoms with Crippen molar-refractivity contribution < 1.29 is 41.5 Å². The van der Waals surface area contributed by atoms with E-state index >= 15 is 0 Å². The third-order valence-electron chi connectivity index (χ3n) is 6.70. The number of nitrogens with one attached hydrogen (secondary N) is 3. The number of aromatic amines is 2. The third kappa shape index (κ3) is 6.07. The number of hydroxylamine groups is 2. The number of nitrogens with zero attached hydrogens (tertiary/aromatic N) is 2. The largest absolute Gasteiger partial charge is 0.573 e. The zero-order valence-corrected chi connectivity index (χ0v) is 24.9. The summed E-state index contributed by atoms with van der Waals surface area (Å²) in [6, 6.07) is 7.29. The van der Waals surface area contributed by atoms with E-state index in [9.17, 15) is 22.8 Å². The number of aromatic nitrogens is 3. The average molecular weight is 632 g/mol. The van der Waals surface area contributed by atoms with Gasteiger partial charge in [-0.15, -0.1) is 13.2 Å². The van der Waals surface area contributed by atoms with Gasteiger partial charge < -0.3 is 29.2 Å². The lowest BCUT2D eigenvalue weighted by atomic mass is 9.81. The number of hydrogen-bond donors (Lipinski definition) is 3. The van der Waals surface area contributed by atoms with Crippen LogP contribution in [0.1, 0.15) is 55.4 Å². The van der Waals surface area contributed by atoms with E-state index < -0.39 is 23.9 Å². The van der Waals surface area contributed by atoms with Crippen molar-refractivity contribution in [3.8, 4) is 5.75 Å². The highest BCUT2D eigenvalue weighted by molar-refractivity contribution is 7.99. The van der Waals surface area contributed by atoms with Crippen molar-refractivity contribution in [2.24, 2.45) is 0 Å². The van der Waals surface area contributed by atoms with Gasteiger partial charge in [0.05, 0.1) is 47.9 Å². The molecule has 2 aliphatic heterocycles. The number of H-pyrrole nitrogens is 2. The lowest BCUT2D eigenvalue weighted by Gasteiger charge is -2.38. The van der Waals surface area contributed by atoms with Gasteiger partial charge in [-0.2, -0.15) is 5.06 Å². The van der Waals surface area contributed by atoms with Gasteiger partial charge in [-0.25, -0.2) is 9.78 Å². The molecule has 15 heteroatoms. The van der Waals surface area contributed by atoms with E-state index in [2.05, 4.69) is 25.0 Å². The summed E-state index contributed by atoms with van der Waals surface area (Å²) in [7, 11) is 0. The minimum absolute atomic E-state index is 0.0279. The number of Topliss-reactive ketones (excluding diaryl/α,β-unsaturated/α-hetero) is 1. The molecule has 4 aromatic rings. The molecular formula is C29H28F3N5O6S. The van der Waals surface area contributed by atoms with Crippen LogP contribution in [0.15, 0.2) is 62.5 Å². The molecule has 0 spiro atoms. The van der Waals surface area contributed by atoms with Crippen LogP contribution in [0.3, 0.4) is 0 Å². The van der Waals surface area contributed by atoms with Crippen LogP contribution >= 0.6 is 11.8 Å². The van der Waals surface area contributed by atoms with Gasteiger partial charge in [-0.1, -0.05) is 0 Å². The maximum absolute atomic E-state index is 13.6. The number of halogens is 3. The molecule has 44 heavy (non-hydrogen) atoms. The number of fused-ring (bicyclic) bond motifs is 2. The first kappa shape index (κ1) is 29.8. The highest BCUT2D eigenvalue weighted by Crippen LogP contribution is 2.46. The van der Waals surface area contributed by atoms with Gasteiger partial charge in [-0.05, 0) is 63.7 Å². The molecule has 1 atom stereocenters. The van der Waals surface area contributed by atoms with Gasteiger partial charge in [-0.3, -0.25) is 9.63 Å². The molecule has 0 fully saturated rings. The summed E-state index contributed by atoms with van der Waals surface area (Å²) in [5.41, 5.74) is 2.68. The van der Waals surface area contributed by atoms with Gasteiger partial charge in [0.15, 0.2) is 16.0 Å². The first-order valence-corrected chi connectivity index (χ1v) is 14.5. The predicted octanol–water partition coefficient (Wildman–Crippen LogP) is 6.14. The monoisotopic (exact) mass is 631 g/mol. The van der Waals surface area contributed by atoms with Crippen LogP contribution in [-0.2, 0) is 14.4 Å². The molecule has 0 bridgehead atoms. The second-order valence-corrected chi connectivity index (χ2v) is 12.1. The fourth-order valence-electron chi connectivity index (χ4n) is 5.24. The minimum Gasteiger partial charge on any atom is -0.461 e. The zero-order chi connectivity index (χ0) is 31.4. The zero-order valence-electron chi connectivity index (χ0n) is 24.0. The summed E-state index contributed by atoms with van der Waals surface area (Å²) >= 11 is 1.13. The maximum Gasteiger partial charge on any atom is 0.573 e. The molecule has 0 radical (unpaired) electrons. The molecule has 232 valence electrons. The van der Waals surface area contributed by atoms with Gasteiger partial charge in [0.2, 0.25) is 0 Å². The number of carbonyl (C=O) groups excluding carboxylic acids is 2. The Morgan fingerprint density at radius 2 is 1.98 bits per heavy atom. The minimum atomic E-state index is -4.82. The van der Waals surface area contributed by atoms with E-state index in [1.54, 1.807) is 30.3 Å². The smallest absolute Gasteiger partial charge is 0.461 e. The predicted molar refractivity (Wildman–Crippen MR) is 152 cm³/mol. The topological polar surface area (TPSA) is 135 Å². The number of benzene rings is 1. The molecule has 0 saturated heterocycles. The summed E-state index contributed by atoms with van der Waals surface area (Å²) in [6.07, 6.45) is -3.16. The molecule has 0 aliphatic carbocycles. The number of carbonyl (C=O) groups is 2. The average Bonchev–Trinajstić information content (AvgIpc) is 3.64. The summed E-state index contributed by atoms with van der Waals surface area (Å²) in [5, 5.41) is 5.67. The number of imidazole rings is 1. The number of ketones is 1. The molecular weight excluding hydrogens is 603 g/mol. The first-order valence-electron chi connectivity index (χ1n) is 13.7. The summed E-state index contributed by atoms with van der Waals surface area (Å²) in [6.45, 7) is 7.86. The van der Waals surface area contributed by atoms with Crippen LogP contribution in [0.5, 0.6) is 5.75 Å². The molecule has 5 heterocycles. The Morgan fingerprint density at radius 3 is 2.70 bits per heavy atom. The number of rotatable bonds is 7. The highest BCUT2D eigenvalue weighted by Gasteiger charge is 2.42. The van der Waals surface area contributed by atoms with Crippen LogP contribution < -0.4 is 10.1 Å². The lowest BCUT2D eigenvalue weighted by Crippen LogP contribution is -2.45. The van der Waals surface area contributed by atoms with E-state index in [1.807, 2.05) is 20.8 Å². The Balaban J connectivity index is 1.33. The van der Waals surface area contributed by atoms with Crippen molar-refractivity contribution in [2.75, 3.05) is 25.0 Å². The highest BCUT2D eigenvalue weighted by atomic mass is 32.2. The van der Waals surface area contributed by atoms with Crippen molar-refractivity contribution in [3.05, 3.63) is 64.8 Å². The van der Waals surface area contributed by atoms with E-state index in [-0.39, 0.29) is 42.4 Å². The Morgan fingerprint density at radius 1 is 1.18 bits per heavy atom. The summed E-state index contributed by atoms with van der Waals surface area (Å²) in [5.74, 6) is -1.28. The molecule has 3 N–H and O–H groups in total. The number of furan rings is 1. The van der Waals surface area contributed by atoms with Gasteiger partial charge in [0.1, 0.15) is 17.2 Å². The first-order chi connectivity index (χ1) is 20.8. The van der Waals surface area contributed by atoms with Crippen molar-refractivity contribution in [2.45, 2.75) is 55.8 Å². The van der Waals surface area contributed by atoms with E-state index in [1.165, 1.54) is 18.2 Å². The maximum atomic E-state index is 13.6. The van der Waals surface area contributed by atoms with Crippen molar-refractivity contribution >= 4 is 40.2 Å². The fraction of sp³-hybridized carbons (Fsp3) is 0.345. The SMILES string of the molecule is CCOC(=O)c1[nH]cc2c1NC1=C(C(=O)CN(OC(C)(C)C)C1)C2c1ccc(Sc2nc3cc(OC(F)(F)F)ccc3[nH]2)o1. The molecule has 0 amide bonds. The lowest BCUT2D eigenvalue weighted by molar-refractivity contribution is -0.274. The van der Waals surface area contributed by atoms with E-state index in [0.717, 1.165) is 11.8 Å². The van der Waals surface area contributed by atoms with Crippen molar-refractivity contribution in [1.82, 2.24) is 20.0 Å². The second kappa shape index (κ2) is 11.1. The Kier molecular flexibility index (Phi) is 7.50. The standard InChI is InChI=1S/C29H28F3N5O6S/c1-5-40-26(39)25-24-15(11-33-25)22(23-18(34-24)12-37(13-19(23)38)43-28(2,3)4)20-8-9-21(41-20)44-27-35-16-7-6-14(10-17(16)36-27)42-29(30,31)32/h6-11,22,33-34H,5,12-13H2,1-4H3,(H,35,36). The number of ether oxygens (including phenoxy) is 2. The molecule has 3 aromatic heterocycles.